The number of nitrogens with zero attached hydrogens (tertiary/aromatic N) is 1. The molecule has 1 aromatic rings. The van der Waals surface area contributed by atoms with Gasteiger partial charge in [-0.2, -0.15) is 0 Å². The highest BCUT2D eigenvalue weighted by atomic mass is 79.9. The van der Waals surface area contributed by atoms with E-state index in [9.17, 15) is 9.18 Å². The van der Waals surface area contributed by atoms with Crippen molar-refractivity contribution in [3.8, 4) is 0 Å². The van der Waals surface area contributed by atoms with Gasteiger partial charge in [0.2, 0.25) is 0 Å². The van der Waals surface area contributed by atoms with E-state index in [1.165, 1.54) is 12.1 Å². The first-order chi connectivity index (χ1) is 8.63. The Balaban J connectivity index is 2.11. The lowest BCUT2D eigenvalue weighted by Crippen LogP contribution is -2.29. The summed E-state index contributed by atoms with van der Waals surface area (Å²) in [5, 5.41) is 0.933. The molecule has 1 fully saturated rings. The molecule has 5 heteroatoms. The third-order valence-corrected chi connectivity index (χ3v) is 4.02. The number of alkyl halides is 1. The van der Waals surface area contributed by atoms with E-state index in [1.807, 2.05) is 0 Å². The monoisotopic (exact) mass is 333 g/mol. The van der Waals surface area contributed by atoms with Crippen molar-refractivity contribution in [2.75, 3.05) is 18.4 Å². The number of amides is 1. The summed E-state index contributed by atoms with van der Waals surface area (Å²) < 4.78 is 13.8. The largest absolute Gasteiger partial charge is 0.338 e. The highest BCUT2D eigenvalue weighted by molar-refractivity contribution is 9.09. The van der Waals surface area contributed by atoms with Gasteiger partial charge < -0.3 is 4.90 Å². The van der Waals surface area contributed by atoms with Crippen LogP contribution in [0.3, 0.4) is 0 Å². The molecule has 2 rings (SSSR count). The SMILES string of the molecule is O=C(c1cccc(Cl)c1F)N1CCC(CCBr)C1. The van der Waals surface area contributed by atoms with E-state index in [2.05, 4.69) is 15.9 Å². The molecule has 1 amide bonds. The van der Waals surface area contributed by atoms with Gasteiger partial charge in [0.15, 0.2) is 5.82 Å². The van der Waals surface area contributed by atoms with E-state index in [4.69, 9.17) is 11.6 Å². The van der Waals surface area contributed by atoms with Gasteiger partial charge in [-0.05, 0) is 30.9 Å². The number of likely N-dealkylation sites (tertiary alicyclic amines) is 1. The highest BCUT2D eigenvalue weighted by Gasteiger charge is 2.28. The van der Waals surface area contributed by atoms with Crippen LogP contribution in [0.1, 0.15) is 23.2 Å². The number of benzene rings is 1. The number of carbonyl (C=O) groups is 1. The van der Waals surface area contributed by atoms with Crippen molar-refractivity contribution in [3.05, 3.63) is 34.6 Å². The predicted octanol–water partition coefficient (Wildman–Crippen LogP) is 3.73. The molecule has 0 bridgehead atoms. The van der Waals surface area contributed by atoms with Crippen molar-refractivity contribution in [1.82, 2.24) is 4.90 Å². The molecule has 0 N–H and O–H groups in total. The van der Waals surface area contributed by atoms with Gasteiger partial charge in [-0.25, -0.2) is 4.39 Å². The van der Waals surface area contributed by atoms with E-state index in [0.29, 0.717) is 19.0 Å². The first kappa shape index (κ1) is 13.8. The molecular formula is C13H14BrClFNO. The maximum absolute atomic E-state index is 13.8. The summed E-state index contributed by atoms with van der Waals surface area (Å²) in [6.07, 6.45) is 2.03. The second-order valence-corrected chi connectivity index (χ2v) is 5.69. The van der Waals surface area contributed by atoms with Gasteiger partial charge in [0.25, 0.3) is 5.91 Å². The molecule has 0 spiro atoms. The molecule has 1 aromatic carbocycles. The normalized spacial score (nSPS) is 19.3. The van der Waals surface area contributed by atoms with Gasteiger partial charge in [0, 0.05) is 18.4 Å². The highest BCUT2D eigenvalue weighted by Crippen LogP contribution is 2.24. The van der Waals surface area contributed by atoms with Gasteiger partial charge >= 0.3 is 0 Å². The Morgan fingerprint density at radius 1 is 1.56 bits per heavy atom. The van der Waals surface area contributed by atoms with Gasteiger partial charge in [0.1, 0.15) is 0 Å². The van der Waals surface area contributed by atoms with E-state index in [0.717, 1.165) is 18.2 Å². The minimum atomic E-state index is -0.617. The molecule has 1 heterocycles. The fourth-order valence-electron chi connectivity index (χ4n) is 2.25. The van der Waals surface area contributed by atoms with E-state index < -0.39 is 5.82 Å². The van der Waals surface area contributed by atoms with Crippen LogP contribution in [0.15, 0.2) is 18.2 Å². The Bertz CT molecular complexity index is 455. The van der Waals surface area contributed by atoms with Crippen LogP contribution in [0.2, 0.25) is 5.02 Å². The van der Waals surface area contributed by atoms with Crippen LogP contribution in [0.25, 0.3) is 0 Å². The molecule has 1 aliphatic heterocycles. The molecule has 2 nitrogen and oxygen atoms in total. The van der Waals surface area contributed by atoms with Crippen molar-refractivity contribution in [1.29, 1.82) is 0 Å². The van der Waals surface area contributed by atoms with Crippen LogP contribution >= 0.6 is 27.5 Å². The maximum Gasteiger partial charge on any atom is 0.256 e. The average Bonchev–Trinajstić information content (AvgIpc) is 2.81. The Labute approximate surface area is 119 Å². The number of rotatable bonds is 3. The Hall–Kier alpha value is -0.610. The van der Waals surface area contributed by atoms with E-state index in [1.54, 1.807) is 11.0 Å². The van der Waals surface area contributed by atoms with Crippen LogP contribution < -0.4 is 0 Å². The fourth-order valence-corrected chi connectivity index (χ4v) is 3.07. The topological polar surface area (TPSA) is 20.3 Å². The molecule has 0 radical (unpaired) electrons. The molecule has 98 valence electrons. The van der Waals surface area contributed by atoms with Gasteiger partial charge in [-0.15, -0.1) is 0 Å². The molecule has 1 aliphatic rings. The first-order valence-electron chi connectivity index (χ1n) is 5.92. The second kappa shape index (κ2) is 6.02. The lowest BCUT2D eigenvalue weighted by molar-refractivity contribution is 0.0782. The quantitative estimate of drug-likeness (QED) is 0.771. The smallest absolute Gasteiger partial charge is 0.256 e. The Morgan fingerprint density at radius 2 is 2.33 bits per heavy atom. The number of halogens is 3. The summed E-state index contributed by atoms with van der Waals surface area (Å²) >= 11 is 9.09. The van der Waals surface area contributed by atoms with Gasteiger partial charge in [0.05, 0.1) is 10.6 Å². The minimum Gasteiger partial charge on any atom is -0.338 e. The summed E-state index contributed by atoms with van der Waals surface area (Å²) in [6, 6.07) is 4.54. The van der Waals surface area contributed by atoms with E-state index >= 15 is 0 Å². The zero-order valence-corrected chi connectivity index (χ0v) is 12.2. The van der Waals surface area contributed by atoms with Crippen molar-refractivity contribution >= 4 is 33.4 Å². The molecule has 1 unspecified atom stereocenters. The molecule has 1 atom stereocenters. The third kappa shape index (κ3) is 2.86. The summed E-state index contributed by atoms with van der Waals surface area (Å²) in [5.74, 6) is -0.365. The Morgan fingerprint density at radius 3 is 3.06 bits per heavy atom. The molecule has 18 heavy (non-hydrogen) atoms. The molecule has 0 aromatic heterocycles. The van der Waals surface area contributed by atoms with Crippen LogP contribution in [0.4, 0.5) is 4.39 Å². The zero-order valence-electron chi connectivity index (χ0n) is 9.83. The first-order valence-corrected chi connectivity index (χ1v) is 7.42. The maximum atomic E-state index is 13.8. The molecular weight excluding hydrogens is 321 g/mol. The third-order valence-electron chi connectivity index (χ3n) is 3.27. The number of carbonyl (C=O) groups excluding carboxylic acids is 1. The van der Waals surface area contributed by atoms with Gasteiger partial charge in [-0.1, -0.05) is 33.6 Å². The van der Waals surface area contributed by atoms with Crippen LogP contribution in [0, 0.1) is 11.7 Å². The minimum absolute atomic E-state index is 0.00273. The van der Waals surface area contributed by atoms with Crippen molar-refractivity contribution in [2.24, 2.45) is 5.92 Å². The summed E-state index contributed by atoms with van der Waals surface area (Å²) in [5.41, 5.74) is 0.0713. The molecule has 1 saturated heterocycles. The summed E-state index contributed by atoms with van der Waals surface area (Å²) in [7, 11) is 0. The van der Waals surface area contributed by atoms with Crippen LogP contribution in [0.5, 0.6) is 0 Å². The molecule has 0 saturated carbocycles. The molecule has 0 aliphatic carbocycles. The van der Waals surface area contributed by atoms with Gasteiger partial charge in [-0.3, -0.25) is 4.79 Å². The van der Waals surface area contributed by atoms with Crippen molar-refractivity contribution in [2.45, 2.75) is 12.8 Å². The second-order valence-electron chi connectivity index (χ2n) is 4.48. The lowest BCUT2D eigenvalue weighted by Gasteiger charge is -2.17. The lowest BCUT2D eigenvalue weighted by atomic mass is 10.1. The standard InChI is InChI=1S/C13H14BrClFNO/c14-6-4-9-5-7-17(8-9)13(18)10-2-1-3-11(15)12(10)16/h1-3,9H,4-8H2. The summed E-state index contributed by atoms with van der Waals surface area (Å²) in [6.45, 7) is 1.40. The average molecular weight is 335 g/mol. The summed E-state index contributed by atoms with van der Waals surface area (Å²) in [4.78, 5) is 13.9. The number of hydrogen-bond acceptors (Lipinski definition) is 1. The fraction of sp³-hybridized carbons (Fsp3) is 0.462. The number of hydrogen-bond donors (Lipinski definition) is 0. The van der Waals surface area contributed by atoms with Crippen molar-refractivity contribution in [3.63, 3.8) is 0 Å². The van der Waals surface area contributed by atoms with Crippen LogP contribution in [-0.4, -0.2) is 29.2 Å². The van der Waals surface area contributed by atoms with E-state index in [-0.39, 0.29) is 16.5 Å². The van der Waals surface area contributed by atoms with Crippen molar-refractivity contribution < 1.29 is 9.18 Å². The Kier molecular flexibility index (Phi) is 4.62. The predicted molar refractivity (Wildman–Crippen MR) is 73.8 cm³/mol. The van der Waals surface area contributed by atoms with Crippen LogP contribution in [-0.2, 0) is 0 Å². The zero-order chi connectivity index (χ0) is 13.1.